The number of hydrogen-bond acceptors (Lipinski definition) is 5. The Morgan fingerprint density at radius 3 is 2.75 bits per heavy atom. The van der Waals surface area contributed by atoms with Crippen LogP contribution in [0.1, 0.15) is 26.2 Å². The van der Waals surface area contributed by atoms with Gasteiger partial charge in [0.15, 0.2) is 5.96 Å². The minimum Gasteiger partial charge on any atom is -0.363 e. The number of rotatable bonds is 7. The van der Waals surface area contributed by atoms with Crippen LogP contribution in [0.25, 0.3) is 0 Å². The van der Waals surface area contributed by atoms with Crippen molar-refractivity contribution in [2.24, 2.45) is 4.99 Å². The summed E-state index contributed by atoms with van der Waals surface area (Å²) in [5, 5.41) is 10.2. The summed E-state index contributed by atoms with van der Waals surface area (Å²) in [4.78, 5) is 6.93. The fourth-order valence-corrected chi connectivity index (χ4v) is 4.16. The van der Waals surface area contributed by atoms with Gasteiger partial charge in [-0.3, -0.25) is 4.99 Å². The van der Waals surface area contributed by atoms with Gasteiger partial charge in [0, 0.05) is 38.5 Å². The van der Waals surface area contributed by atoms with Crippen molar-refractivity contribution in [2.75, 3.05) is 43.1 Å². The van der Waals surface area contributed by atoms with Gasteiger partial charge in [0.1, 0.15) is 9.84 Å². The van der Waals surface area contributed by atoms with Gasteiger partial charge in [-0.25, -0.2) is 8.42 Å². The van der Waals surface area contributed by atoms with Gasteiger partial charge in [0.2, 0.25) is 0 Å². The molecule has 0 spiro atoms. The van der Waals surface area contributed by atoms with E-state index in [9.17, 15) is 8.42 Å². The summed E-state index contributed by atoms with van der Waals surface area (Å²) in [7, 11) is -2.90. The summed E-state index contributed by atoms with van der Waals surface area (Å²) in [5.41, 5.74) is 0. The third-order valence-electron chi connectivity index (χ3n) is 3.94. The molecule has 8 heteroatoms. The maximum atomic E-state index is 11.2. The number of anilines is 1. The first-order chi connectivity index (χ1) is 11.5. The van der Waals surface area contributed by atoms with Crippen LogP contribution in [-0.2, 0) is 9.84 Å². The van der Waals surface area contributed by atoms with E-state index in [4.69, 9.17) is 0 Å². The average Bonchev–Trinajstić information content (AvgIpc) is 3.06. The van der Waals surface area contributed by atoms with E-state index in [2.05, 4.69) is 38.0 Å². The Labute approximate surface area is 149 Å². The third kappa shape index (κ3) is 6.68. The molecule has 0 unspecified atom stereocenters. The predicted molar refractivity (Wildman–Crippen MR) is 103 cm³/mol. The second-order valence-corrected chi connectivity index (χ2v) is 9.29. The van der Waals surface area contributed by atoms with Crippen molar-refractivity contribution in [3.63, 3.8) is 0 Å². The zero-order valence-corrected chi connectivity index (χ0v) is 16.1. The standard InChI is InChI=1S/C16H28N4O2S2/c1-3-17-16(18-9-5-13-24(2,21)22)19-14-7-10-20(11-8-14)15-6-4-12-23-15/h4,6,12,14H,3,5,7-11,13H2,1-2H3,(H2,17,18,19). The fourth-order valence-electron chi connectivity index (χ4n) is 2.73. The van der Waals surface area contributed by atoms with Crippen molar-refractivity contribution >= 4 is 32.1 Å². The van der Waals surface area contributed by atoms with E-state index in [1.54, 1.807) is 11.3 Å². The maximum absolute atomic E-state index is 11.2. The van der Waals surface area contributed by atoms with Crippen molar-refractivity contribution in [3.8, 4) is 0 Å². The molecule has 2 N–H and O–H groups in total. The minimum absolute atomic E-state index is 0.190. The molecule has 1 fully saturated rings. The van der Waals surface area contributed by atoms with Gasteiger partial charge in [-0.05, 0) is 43.7 Å². The first kappa shape index (κ1) is 19.1. The minimum atomic E-state index is -2.90. The van der Waals surface area contributed by atoms with E-state index in [1.807, 2.05) is 6.92 Å². The first-order valence-electron chi connectivity index (χ1n) is 8.49. The monoisotopic (exact) mass is 372 g/mol. The molecular weight excluding hydrogens is 344 g/mol. The topological polar surface area (TPSA) is 73.8 Å². The maximum Gasteiger partial charge on any atom is 0.191 e. The molecule has 0 bridgehead atoms. The van der Waals surface area contributed by atoms with Gasteiger partial charge in [0.25, 0.3) is 0 Å². The van der Waals surface area contributed by atoms with E-state index in [0.717, 1.165) is 38.4 Å². The molecule has 2 heterocycles. The number of sulfone groups is 1. The van der Waals surface area contributed by atoms with E-state index in [-0.39, 0.29) is 5.75 Å². The number of thiophene rings is 1. The molecule has 24 heavy (non-hydrogen) atoms. The van der Waals surface area contributed by atoms with Crippen LogP contribution in [0.2, 0.25) is 0 Å². The Morgan fingerprint density at radius 1 is 1.42 bits per heavy atom. The molecule has 0 atom stereocenters. The molecule has 1 aliphatic rings. The van der Waals surface area contributed by atoms with Gasteiger partial charge >= 0.3 is 0 Å². The summed E-state index contributed by atoms with van der Waals surface area (Å²) < 4.78 is 22.3. The zero-order chi connectivity index (χ0) is 17.4. The second-order valence-electron chi connectivity index (χ2n) is 6.10. The van der Waals surface area contributed by atoms with Crippen LogP contribution in [0.4, 0.5) is 5.00 Å². The number of nitrogens with one attached hydrogen (secondary N) is 2. The molecule has 0 radical (unpaired) electrons. The normalized spacial score (nSPS) is 17.1. The molecule has 0 amide bonds. The van der Waals surface area contributed by atoms with Gasteiger partial charge < -0.3 is 15.5 Å². The van der Waals surface area contributed by atoms with Crippen LogP contribution in [0, 0.1) is 0 Å². The van der Waals surface area contributed by atoms with Crippen molar-refractivity contribution in [1.82, 2.24) is 10.6 Å². The zero-order valence-electron chi connectivity index (χ0n) is 14.5. The first-order valence-corrected chi connectivity index (χ1v) is 11.4. The lowest BCUT2D eigenvalue weighted by Crippen LogP contribution is -2.48. The van der Waals surface area contributed by atoms with Gasteiger partial charge in [0.05, 0.1) is 10.8 Å². The molecule has 1 aromatic rings. The van der Waals surface area contributed by atoms with Crippen molar-refractivity contribution < 1.29 is 8.42 Å². The molecule has 2 rings (SSSR count). The second kappa shape index (κ2) is 9.27. The molecule has 1 aliphatic heterocycles. The van der Waals surface area contributed by atoms with E-state index < -0.39 is 9.84 Å². The summed E-state index contributed by atoms with van der Waals surface area (Å²) in [5.74, 6) is 0.982. The van der Waals surface area contributed by atoms with Crippen LogP contribution in [0.15, 0.2) is 22.5 Å². The molecule has 0 aromatic carbocycles. The largest absolute Gasteiger partial charge is 0.363 e. The quantitative estimate of drug-likeness (QED) is 0.433. The summed E-state index contributed by atoms with van der Waals surface area (Å²) in [6.45, 7) is 5.45. The molecule has 136 valence electrons. The van der Waals surface area contributed by atoms with Crippen molar-refractivity contribution in [2.45, 2.75) is 32.2 Å². The lowest BCUT2D eigenvalue weighted by Gasteiger charge is -2.33. The lowest BCUT2D eigenvalue weighted by atomic mass is 10.1. The highest BCUT2D eigenvalue weighted by Crippen LogP contribution is 2.24. The Hall–Kier alpha value is -1.28. The highest BCUT2D eigenvalue weighted by atomic mass is 32.2. The van der Waals surface area contributed by atoms with Crippen molar-refractivity contribution in [3.05, 3.63) is 17.5 Å². The van der Waals surface area contributed by atoms with E-state index in [0.29, 0.717) is 19.0 Å². The highest BCUT2D eigenvalue weighted by Gasteiger charge is 2.20. The molecule has 0 aliphatic carbocycles. The SMILES string of the molecule is CCNC(=NCCCS(C)(=O)=O)NC1CCN(c2cccs2)CC1. The number of hydrogen-bond donors (Lipinski definition) is 2. The van der Waals surface area contributed by atoms with Gasteiger partial charge in [-0.1, -0.05) is 0 Å². The Balaban J connectivity index is 1.78. The Bertz CT molecular complexity index is 606. The lowest BCUT2D eigenvalue weighted by molar-refractivity contribution is 0.463. The molecule has 6 nitrogen and oxygen atoms in total. The average molecular weight is 373 g/mol. The van der Waals surface area contributed by atoms with E-state index >= 15 is 0 Å². The van der Waals surface area contributed by atoms with Gasteiger partial charge in [-0.2, -0.15) is 0 Å². The number of piperidine rings is 1. The van der Waals surface area contributed by atoms with Crippen LogP contribution in [0.3, 0.4) is 0 Å². The molecule has 1 saturated heterocycles. The molecule has 0 saturated carbocycles. The molecular formula is C16H28N4O2S2. The van der Waals surface area contributed by atoms with Crippen LogP contribution in [-0.4, -0.2) is 58.6 Å². The van der Waals surface area contributed by atoms with Crippen LogP contribution in [0.5, 0.6) is 0 Å². The summed E-state index contributed by atoms with van der Waals surface area (Å²) in [6, 6.07) is 4.68. The third-order valence-corrected chi connectivity index (χ3v) is 5.90. The van der Waals surface area contributed by atoms with E-state index in [1.165, 1.54) is 11.3 Å². The molecule has 1 aromatic heterocycles. The summed E-state index contributed by atoms with van der Waals surface area (Å²) in [6.07, 6.45) is 3.98. The summed E-state index contributed by atoms with van der Waals surface area (Å²) >= 11 is 1.79. The fraction of sp³-hybridized carbons (Fsp3) is 0.688. The Morgan fingerprint density at radius 2 is 2.17 bits per heavy atom. The predicted octanol–water partition coefficient (Wildman–Crippen LogP) is 1.71. The number of guanidine groups is 1. The van der Waals surface area contributed by atoms with Crippen LogP contribution < -0.4 is 15.5 Å². The smallest absolute Gasteiger partial charge is 0.191 e. The number of nitrogens with zero attached hydrogens (tertiary/aromatic N) is 2. The van der Waals surface area contributed by atoms with Crippen molar-refractivity contribution in [1.29, 1.82) is 0 Å². The Kier molecular flexibility index (Phi) is 7.36. The van der Waals surface area contributed by atoms with Crippen LogP contribution >= 0.6 is 11.3 Å². The highest BCUT2D eigenvalue weighted by molar-refractivity contribution is 7.90. The number of aliphatic imine (C=N–C) groups is 1. The van der Waals surface area contributed by atoms with Gasteiger partial charge in [-0.15, -0.1) is 11.3 Å².